The molecule has 1 N–H and O–H groups in total. The van der Waals surface area contributed by atoms with E-state index in [1.165, 1.54) is 18.2 Å². The molecule has 4 rings (SSSR count). The number of carboxylic acids is 1. The van der Waals surface area contributed by atoms with Crippen molar-refractivity contribution in [3.8, 4) is 0 Å². The number of carbonyl (C=O) groups excluding carboxylic acids is 1. The number of aliphatic carboxylic acids is 1. The first-order valence-corrected chi connectivity index (χ1v) is 12.7. The summed E-state index contributed by atoms with van der Waals surface area (Å²) >= 11 is 0. The standard InChI is InChI=1S/C32H34FNO4/c1-19(15-22-11-8-7-9-12-22)27-20(2)25-17-34(30(35)23-13-10-14-24(33)16-23)18-26(25)21(3)28(27)29(31(36)37)38-32(4,5)6/h7-16,29H,17-18H2,1-6H3,(H,36,37)/t29-/m0/s1. The summed E-state index contributed by atoms with van der Waals surface area (Å²) in [5.74, 6) is -1.79. The molecule has 0 saturated carbocycles. The normalized spacial score (nSPS) is 14.4. The SMILES string of the molecule is CC(=Cc1ccccc1)c1c(C)c2c(c(C)c1[C@H](OC(C)(C)C)C(=O)O)CN(C(=O)c1cccc(F)c1)C2. The minimum Gasteiger partial charge on any atom is -0.479 e. The van der Waals surface area contributed by atoms with Gasteiger partial charge in [-0.05, 0) is 98.7 Å². The van der Waals surface area contributed by atoms with Gasteiger partial charge < -0.3 is 14.7 Å². The van der Waals surface area contributed by atoms with Crippen LogP contribution >= 0.6 is 0 Å². The Kier molecular flexibility index (Phi) is 7.56. The second-order valence-electron chi connectivity index (χ2n) is 10.9. The Balaban J connectivity index is 1.89. The number of hydrogen-bond donors (Lipinski definition) is 1. The van der Waals surface area contributed by atoms with Crippen molar-refractivity contribution in [1.29, 1.82) is 0 Å². The fraction of sp³-hybridized carbons (Fsp3) is 0.312. The van der Waals surface area contributed by atoms with Gasteiger partial charge in [0.05, 0.1) is 5.60 Å². The molecule has 1 aliphatic heterocycles. The number of allylic oxidation sites excluding steroid dienone is 1. The van der Waals surface area contributed by atoms with Crippen molar-refractivity contribution in [2.24, 2.45) is 0 Å². The lowest BCUT2D eigenvalue weighted by Gasteiger charge is -2.30. The summed E-state index contributed by atoms with van der Waals surface area (Å²) in [5.41, 5.74) is 6.55. The largest absolute Gasteiger partial charge is 0.479 e. The van der Waals surface area contributed by atoms with Crippen LogP contribution in [-0.4, -0.2) is 27.5 Å². The van der Waals surface area contributed by atoms with E-state index in [0.29, 0.717) is 18.7 Å². The zero-order valence-corrected chi connectivity index (χ0v) is 22.8. The molecule has 0 unspecified atom stereocenters. The van der Waals surface area contributed by atoms with Crippen molar-refractivity contribution in [3.63, 3.8) is 0 Å². The lowest BCUT2D eigenvalue weighted by Crippen LogP contribution is -2.29. The van der Waals surface area contributed by atoms with Gasteiger partial charge in [0.1, 0.15) is 5.82 Å². The summed E-state index contributed by atoms with van der Waals surface area (Å²) in [4.78, 5) is 27.6. The average molecular weight is 516 g/mol. The lowest BCUT2D eigenvalue weighted by molar-refractivity contribution is -0.160. The fourth-order valence-corrected chi connectivity index (χ4v) is 5.26. The monoisotopic (exact) mass is 515 g/mol. The molecule has 0 saturated heterocycles. The third kappa shape index (κ3) is 5.55. The van der Waals surface area contributed by atoms with Gasteiger partial charge in [-0.15, -0.1) is 0 Å². The Hall–Kier alpha value is -3.77. The second-order valence-corrected chi connectivity index (χ2v) is 10.9. The minimum absolute atomic E-state index is 0.264. The maximum Gasteiger partial charge on any atom is 0.337 e. The Morgan fingerprint density at radius 3 is 2.21 bits per heavy atom. The number of nitrogens with zero attached hydrogens (tertiary/aromatic N) is 1. The van der Waals surface area contributed by atoms with E-state index in [0.717, 1.165) is 39.0 Å². The van der Waals surface area contributed by atoms with Crippen LogP contribution in [0.1, 0.15) is 83.1 Å². The summed E-state index contributed by atoms with van der Waals surface area (Å²) < 4.78 is 20.0. The molecule has 6 heteroatoms. The van der Waals surface area contributed by atoms with Gasteiger partial charge in [0.25, 0.3) is 5.91 Å². The first kappa shape index (κ1) is 27.3. The average Bonchev–Trinajstić information content (AvgIpc) is 3.30. The molecule has 0 aromatic heterocycles. The number of carbonyl (C=O) groups is 2. The summed E-state index contributed by atoms with van der Waals surface area (Å²) in [7, 11) is 0. The van der Waals surface area contributed by atoms with Crippen molar-refractivity contribution in [2.45, 2.75) is 66.3 Å². The van der Waals surface area contributed by atoms with Gasteiger partial charge in [-0.2, -0.15) is 0 Å². The van der Waals surface area contributed by atoms with Gasteiger partial charge >= 0.3 is 5.97 Å². The first-order chi connectivity index (χ1) is 17.9. The molecular formula is C32H34FNO4. The number of halogens is 1. The molecule has 1 atom stereocenters. The summed E-state index contributed by atoms with van der Waals surface area (Å²) in [6.45, 7) is 12.1. The molecule has 3 aromatic rings. The molecule has 0 spiro atoms. The van der Waals surface area contributed by atoms with E-state index in [1.54, 1.807) is 11.0 Å². The van der Waals surface area contributed by atoms with Crippen molar-refractivity contribution < 1.29 is 23.8 Å². The van der Waals surface area contributed by atoms with Crippen LogP contribution in [-0.2, 0) is 22.6 Å². The second kappa shape index (κ2) is 10.5. The molecule has 5 nitrogen and oxygen atoms in total. The molecule has 3 aromatic carbocycles. The summed E-state index contributed by atoms with van der Waals surface area (Å²) in [6.07, 6.45) is 0.847. The molecule has 0 bridgehead atoms. The van der Waals surface area contributed by atoms with Gasteiger partial charge in [0.15, 0.2) is 6.10 Å². The van der Waals surface area contributed by atoms with E-state index in [9.17, 15) is 19.1 Å². The fourth-order valence-electron chi connectivity index (χ4n) is 5.26. The Bertz CT molecular complexity index is 1420. The van der Waals surface area contributed by atoms with Crippen LogP contribution in [0.5, 0.6) is 0 Å². The van der Waals surface area contributed by atoms with Crippen LogP contribution in [0.3, 0.4) is 0 Å². The molecule has 0 fully saturated rings. The number of carboxylic acid groups (broad SMARTS) is 1. The van der Waals surface area contributed by atoms with Crippen LogP contribution in [0.4, 0.5) is 4.39 Å². The highest BCUT2D eigenvalue weighted by molar-refractivity contribution is 5.95. The quantitative estimate of drug-likeness (QED) is 0.356. The summed E-state index contributed by atoms with van der Waals surface area (Å²) in [6, 6.07) is 15.5. The minimum atomic E-state index is -1.19. The topological polar surface area (TPSA) is 66.8 Å². The zero-order valence-electron chi connectivity index (χ0n) is 22.8. The van der Waals surface area contributed by atoms with E-state index in [1.807, 2.05) is 78.0 Å². The highest BCUT2D eigenvalue weighted by Gasteiger charge is 2.36. The van der Waals surface area contributed by atoms with Gasteiger partial charge in [0.2, 0.25) is 0 Å². The third-order valence-electron chi connectivity index (χ3n) is 6.91. The lowest BCUT2D eigenvalue weighted by atomic mass is 9.83. The molecule has 1 amide bonds. The predicted molar refractivity (Wildman–Crippen MR) is 147 cm³/mol. The number of fused-ring (bicyclic) bond motifs is 1. The van der Waals surface area contributed by atoms with Crippen LogP contribution in [0.25, 0.3) is 11.6 Å². The first-order valence-electron chi connectivity index (χ1n) is 12.7. The number of rotatable bonds is 6. The Morgan fingerprint density at radius 2 is 1.63 bits per heavy atom. The molecule has 0 aliphatic carbocycles. The van der Waals surface area contributed by atoms with Crippen LogP contribution in [0, 0.1) is 19.7 Å². The molecule has 198 valence electrons. The van der Waals surface area contributed by atoms with E-state index in [2.05, 4.69) is 0 Å². The van der Waals surface area contributed by atoms with Crippen molar-refractivity contribution in [1.82, 2.24) is 4.90 Å². The van der Waals surface area contributed by atoms with Crippen LogP contribution in [0.2, 0.25) is 0 Å². The molecule has 38 heavy (non-hydrogen) atoms. The van der Waals surface area contributed by atoms with E-state index in [-0.39, 0.29) is 11.5 Å². The highest BCUT2D eigenvalue weighted by atomic mass is 19.1. The van der Waals surface area contributed by atoms with Crippen LogP contribution < -0.4 is 0 Å². The number of benzene rings is 3. The molecular weight excluding hydrogens is 481 g/mol. The third-order valence-corrected chi connectivity index (χ3v) is 6.91. The summed E-state index contributed by atoms with van der Waals surface area (Å²) in [5, 5.41) is 10.3. The molecule has 1 aliphatic rings. The number of hydrogen-bond acceptors (Lipinski definition) is 3. The highest BCUT2D eigenvalue weighted by Crippen LogP contribution is 2.42. The maximum absolute atomic E-state index is 13.8. The van der Waals surface area contributed by atoms with Gasteiger partial charge in [-0.1, -0.05) is 42.5 Å². The maximum atomic E-state index is 13.8. The number of amides is 1. The number of ether oxygens (including phenoxy) is 1. The van der Waals surface area contributed by atoms with Crippen molar-refractivity contribution in [2.75, 3.05) is 0 Å². The van der Waals surface area contributed by atoms with Crippen LogP contribution in [0.15, 0.2) is 54.6 Å². The Morgan fingerprint density at radius 1 is 1.00 bits per heavy atom. The molecule has 0 radical (unpaired) electrons. The van der Waals surface area contributed by atoms with Crippen molar-refractivity contribution >= 4 is 23.5 Å². The van der Waals surface area contributed by atoms with Gasteiger partial charge in [0, 0.05) is 24.2 Å². The van der Waals surface area contributed by atoms with Gasteiger partial charge in [-0.3, -0.25) is 4.79 Å². The van der Waals surface area contributed by atoms with Gasteiger partial charge in [-0.25, -0.2) is 9.18 Å². The molecule has 1 heterocycles. The van der Waals surface area contributed by atoms with E-state index >= 15 is 0 Å². The predicted octanol–water partition coefficient (Wildman–Crippen LogP) is 7.10. The Labute approximate surface area is 223 Å². The van der Waals surface area contributed by atoms with E-state index in [4.69, 9.17) is 4.74 Å². The smallest absolute Gasteiger partial charge is 0.337 e. The van der Waals surface area contributed by atoms with E-state index < -0.39 is 23.5 Å². The van der Waals surface area contributed by atoms with Crippen molar-refractivity contribution in [3.05, 3.63) is 105 Å². The zero-order chi connectivity index (χ0) is 27.8.